The Balaban J connectivity index is 1.85. The van der Waals surface area contributed by atoms with Crippen LogP contribution in [0.4, 0.5) is 0 Å². The number of ether oxygens (including phenoxy) is 1. The van der Waals surface area contributed by atoms with Crippen LogP contribution in [0.2, 0.25) is 0 Å². The first-order valence-corrected chi connectivity index (χ1v) is 9.16. The van der Waals surface area contributed by atoms with Crippen molar-refractivity contribution in [2.45, 2.75) is 23.1 Å². The molecule has 0 aliphatic heterocycles. The number of hydrogen-bond acceptors (Lipinski definition) is 4. The van der Waals surface area contributed by atoms with Gasteiger partial charge in [-0.15, -0.1) is 11.3 Å². The van der Waals surface area contributed by atoms with Gasteiger partial charge in [0.25, 0.3) is 10.0 Å². The number of sulfonamides is 1. The number of nitrogens with one attached hydrogen (secondary N) is 1. The molecule has 1 saturated carbocycles. The molecular formula is C15H17NO3S2. The van der Waals surface area contributed by atoms with Crippen LogP contribution >= 0.6 is 11.3 Å². The highest BCUT2D eigenvalue weighted by atomic mass is 32.2. The van der Waals surface area contributed by atoms with E-state index in [1.165, 1.54) is 11.3 Å². The zero-order valence-corrected chi connectivity index (χ0v) is 13.3. The van der Waals surface area contributed by atoms with Crippen molar-refractivity contribution in [1.29, 1.82) is 0 Å². The van der Waals surface area contributed by atoms with Crippen molar-refractivity contribution in [2.75, 3.05) is 7.11 Å². The van der Waals surface area contributed by atoms with Gasteiger partial charge in [0.1, 0.15) is 9.96 Å². The average Bonchev–Trinajstić information content (AvgIpc) is 3.17. The van der Waals surface area contributed by atoms with Crippen molar-refractivity contribution in [3.63, 3.8) is 0 Å². The van der Waals surface area contributed by atoms with Gasteiger partial charge in [0.15, 0.2) is 0 Å². The molecule has 1 aliphatic carbocycles. The highest BCUT2D eigenvalue weighted by Gasteiger charge is 2.35. The van der Waals surface area contributed by atoms with Crippen molar-refractivity contribution in [3.05, 3.63) is 47.3 Å². The molecule has 0 amide bonds. The maximum absolute atomic E-state index is 12.4. The molecule has 0 saturated heterocycles. The van der Waals surface area contributed by atoms with Crippen molar-refractivity contribution in [3.8, 4) is 5.75 Å². The SMILES string of the molecule is COc1ccc(C(NS(=O)(=O)c2cccs2)C2CC2)cc1. The van der Waals surface area contributed by atoms with Gasteiger partial charge in [-0.05, 0) is 47.9 Å². The molecular weight excluding hydrogens is 306 g/mol. The van der Waals surface area contributed by atoms with Gasteiger partial charge in [-0.25, -0.2) is 13.1 Å². The zero-order chi connectivity index (χ0) is 14.9. The molecule has 1 unspecified atom stereocenters. The number of methoxy groups -OCH3 is 1. The molecule has 0 spiro atoms. The Hall–Kier alpha value is -1.37. The highest BCUT2D eigenvalue weighted by molar-refractivity contribution is 7.91. The van der Waals surface area contributed by atoms with Gasteiger partial charge in [0.05, 0.1) is 7.11 Å². The standard InChI is InChI=1S/C15H17NO3S2/c1-19-13-8-6-12(7-9-13)15(11-4-5-11)16-21(17,18)14-3-2-10-20-14/h2-3,6-11,15-16H,4-5H2,1H3. The number of rotatable bonds is 6. The lowest BCUT2D eigenvalue weighted by Crippen LogP contribution is -2.29. The molecule has 1 N–H and O–H groups in total. The van der Waals surface area contributed by atoms with Crippen LogP contribution in [0, 0.1) is 5.92 Å². The van der Waals surface area contributed by atoms with Crippen LogP contribution in [0.5, 0.6) is 5.75 Å². The van der Waals surface area contributed by atoms with E-state index in [9.17, 15) is 8.42 Å². The highest BCUT2D eigenvalue weighted by Crippen LogP contribution is 2.42. The van der Waals surface area contributed by atoms with E-state index in [4.69, 9.17) is 4.74 Å². The second kappa shape index (κ2) is 5.79. The third kappa shape index (κ3) is 3.28. The summed E-state index contributed by atoms with van der Waals surface area (Å²) in [7, 11) is -1.83. The lowest BCUT2D eigenvalue weighted by molar-refractivity contribution is 0.414. The minimum absolute atomic E-state index is 0.164. The van der Waals surface area contributed by atoms with Gasteiger partial charge in [-0.3, -0.25) is 0 Å². The topological polar surface area (TPSA) is 55.4 Å². The fourth-order valence-electron chi connectivity index (χ4n) is 2.32. The largest absolute Gasteiger partial charge is 0.497 e. The van der Waals surface area contributed by atoms with Crippen LogP contribution in [0.3, 0.4) is 0 Å². The predicted molar refractivity (Wildman–Crippen MR) is 83.1 cm³/mol. The number of thiophene rings is 1. The van der Waals surface area contributed by atoms with E-state index in [0.29, 0.717) is 10.1 Å². The molecule has 1 aliphatic rings. The van der Waals surface area contributed by atoms with Crippen molar-refractivity contribution >= 4 is 21.4 Å². The monoisotopic (exact) mass is 323 g/mol. The fourth-order valence-corrected chi connectivity index (χ4v) is 4.62. The Morgan fingerprint density at radius 3 is 2.48 bits per heavy atom. The normalized spacial score (nSPS) is 16.6. The molecule has 2 aromatic rings. The Bertz CT molecular complexity index is 689. The second-order valence-electron chi connectivity index (χ2n) is 5.14. The van der Waals surface area contributed by atoms with Crippen LogP contribution in [-0.4, -0.2) is 15.5 Å². The molecule has 0 bridgehead atoms. The summed E-state index contributed by atoms with van der Waals surface area (Å²) in [6.45, 7) is 0. The van der Waals surface area contributed by atoms with Crippen molar-refractivity contribution in [2.24, 2.45) is 5.92 Å². The van der Waals surface area contributed by atoms with E-state index in [2.05, 4.69) is 4.72 Å². The van der Waals surface area contributed by atoms with E-state index in [0.717, 1.165) is 24.2 Å². The van der Waals surface area contributed by atoms with Gasteiger partial charge in [-0.2, -0.15) is 0 Å². The Morgan fingerprint density at radius 2 is 1.95 bits per heavy atom. The molecule has 3 rings (SSSR count). The molecule has 1 aromatic heterocycles. The predicted octanol–water partition coefficient (Wildman–Crippen LogP) is 3.19. The van der Waals surface area contributed by atoms with Gasteiger partial charge >= 0.3 is 0 Å². The van der Waals surface area contributed by atoms with Crippen LogP contribution in [0.1, 0.15) is 24.4 Å². The summed E-state index contributed by atoms with van der Waals surface area (Å²) in [6.07, 6.45) is 2.12. The van der Waals surface area contributed by atoms with E-state index in [-0.39, 0.29) is 6.04 Å². The summed E-state index contributed by atoms with van der Waals surface area (Å²) in [5.41, 5.74) is 0.985. The van der Waals surface area contributed by atoms with Gasteiger partial charge < -0.3 is 4.74 Å². The quantitative estimate of drug-likeness (QED) is 0.888. The minimum Gasteiger partial charge on any atom is -0.497 e. The van der Waals surface area contributed by atoms with E-state index in [1.807, 2.05) is 24.3 Å². The van der Waals surface area contributed by atoms with Gasteiger partial charge in [-0.1, -0.05) is 18.2 Å². The fraction of sp³-hybridized carbons (Fsp3) is 0.333. The lowest BCUT2D eigenvalue weighted by atomic mass is 10.0. The molecule has 1 heterocycles. The van der Waals surface area contributed by atoms with Crippen LogP contribution in [0.15, 0.2) is 46.0 Å². The second-order valence-corrected chi connectivity index (χ2v) is 8.03. The summed E-state index contributed by atoms with van der Waals surface area (Å²) in [6, 6.07) is 10.8. The molecule has 1 atom stereocenters. The summed E-state index contributed by atoms with van der Waals surface area (Å²) < 4.78 is 33.2. The number of hydrogen-bond donors (Lipinski definition) is 1. The third-order valence-corrected chi connectivity index (χ3v) is 6.45. The lowest BCUT2D eigenvalue weighted by Gasteiger charge is -2.18. The van der Waals surface area contributed by atoms with Crippen LogP contribution in [-0.2, 0) is 10.0 Å². The number of benzene rings is 1. The molecule has 1 aromatic carbocycles. The summed E-state index contributed by atoms with van der Waals surface area (Å²) in [5.74, 6) is 1.16. The Morgan fingerprint density at radius 1 is 1.24 bits per heavy atom. The maximum atomic E-state index is 12.4. The molecule has 21 heavy (non-hydrogen) atoms. The molecule has 4 nitrogen and oxygen atoms in total. The Kier molecular flexibility index (Phi) is 4.01. The summed E-state index contributed by atoms with van der Waals surface area (Å²) in [5, 5.41) is 1.77. The molecule has 6 heteroatoms. The third-order valence-electron chi connectivity index (χ3n) is 3.61. The van der Waals surface area contributed by atoms with Crippen LogP contribution in [0.25, 0.3) is 0 Å². The van der Waals surface area contributed by atoms with Gasteiger partial charge in [0.2, 0.25) is 0 Å². The first-order valence-electron chi connectivity index (χ1n) is 6.80. The van der Waals surface area contributed by atoms with Crippen molar-refractivity contribution < 1.29 is 13.2 Å². The summed E-state index contributed by atoms with van der Waals surface area (Å²) >= 11 is 1.23. The summed E-state index contributed by atoms with van der Waals surface area (Å²) in [4.78, 5) is 0. The van der Waals surface area contributed by atoms with E-state index >= 15 is 0 Å². The average molecular weight is 323 g/mol. The Labute approximate surface area is 128 Å². The molecule has 0 radical (unpaired) electrons. The van der Waals surface area contributed by atoms with E-state index in [1.54, 1.807) is 24.6 Å². The van der Waals surface area contributed by atoms with Gasteiger partial charge in [0, 0.05) is 6.04 Å². The maximum Gasteiger partial charge on any atom is 0.250 e. The molecule has 112 valence electrons. The smallest absolute Gasteiger partial charge is 0.250 e. The first kappa shape index (κ1) is 14.6. The molecule has 1 fully saturated rings. The van der Waals surface area contributed by atoms with E-state index < -0.39 is 10.0 Å². The van der Waals surface area contributed by atoms with Crippen molar-refractivity contribution in [1.82, 2.24) is 4.72 Å². The zero-order valence-electron chi connectivity index (χ0n) is 11.7. The van der Waals surface area contributed by atoms with Crippen LogP contribution < -0.4 is 9.46 Å². The minimum atomic E-state index is -3.45. The first-order chi connectivity index (χ1) is 10.1.